The van der Waals surface area contributed by atoms with Crippen LogP contribution in [0.2, 0.25) is 0 Å². The quantitative estimate of drug-likeness (QED) is 0.607. The van der Waals surface area contributed by atoms with Crippen LogP contribution in [0.3, 0.4) is 0 Å². The second kappa shape index (κ2) is 4.69. The average molecular weight is 145 g/mol. The summed E-state index contributed by atoms with van der Waals surface area (Å²) in [6.45, 7) is 7.71. The summed E-state index contributed by atoms with van der Waals surface area (Å²) in [4.78, 5) is 0. The van der Waals surface area contributed by atoms with Crippen LogP contribution in [0.4, 0.5) is 0 Å². The van der Waals surface area contributed by atoms with Crippen LogP contribution in [0.25, 0.3) is 0 Å². The molecule has 1 unspecified atom stereocenters. The Morgan fingerprint density at radius 1 is 1.50 bits per heavy atom. The highest BCUT2D eigenvalue weighted by Crippen LogP contribution is 2.17. The highest BCUT2D eigenvalue weighted by molar-refractivity contribution is 4.85. The van der Waals surface area contributed by atoms with Gasteiger partial charge in [-0.15, -0.1) is 0 Å². The van der Waals surface area contributed by atoms with Gasteiger partial charge in [0.25, 0.3) is 0 Å². The second-order valence-corrected chi connectivity index (χ2v) is 2.52. The van der Waals surface area contributed by atoms with Crippen molar-refractivity contribution in [1.82, 2.24) is 0 Å². The Hall–Kier alpha value is -0.0800. The molecule has 0 amide bonds. The first-order valence-electron chi connectivity index (χ1n) is 4.13. The van der Waals surface area contributed by atoms with Crippen LogP contribution in [0.5, 0.6) is 0 Å². The summed E-state index contributed by atoms with van der Waals surface area (Å²) >= 11 is 0. The third-order valence-electron chi connectivity index (χ3n) is 1.84. The maximum atomic E-state index is 5.83. The zero-order chi connectivity index (χ0) is 8.04. The van der Waals surface area contributed by atoms with Crippen LogP contribution < -0.4 is 5.73 Å². The number of nitrogens with two attached hydrogens (primary N) is 1. The maximum Gasteiger partial charge on any atom is 0.0646 e. The number of ether oxygens (including phenoxy) is 1. The molecule has 10 heavy (non-hydrogen) atoms. The van der Waals surface area contributed by atoms with Crippen molar-refractivity contribution in [3.05, 3.63) is 0 Å². The van der Waals surface area contributed by atoms with Gasteiger partial charge in [0.05, 0.1) is 6.61 Å². The van der Waals surface area contributed by atoms with Crippen molar-refractivity contribution in [2.75, 3.05) is 13.2 Å². The fourth-order valence-electron chi connectivity index (χ4n) is 0.902. The van der Waals surface area contributed by atoms with Crippen molar-refractivity contribution in [2.24, 2.45) is 5.73 Å². The van der Waals surface area contributed by atoms with Crippen LogP contribution in [-0.4, -0.2) is 18.8 Å². The van der Waals surface area contributed by atoms with Crippen LogP contribution in [0, 0.1) is 0 Å². The Morgan fingerprint density at radius 2 is 2.10 bits per heavy atom. The van der Waals surface area contributed by atoms with E-state index in [0.717, 1.165) is 26.1 Å². The Kier molecular flexibility index (Phi) is 4.65. The van der Waals surface area contributed by atoms with E-state index >= 15 is 0 Å². The van der Waals surface area contributed by atoms with Gasteiger partial charge in [0.15, 0.2) is 0 Å². The van der Waals surface area contributed by atoms with Gasteiger partial charge in [-0.05, 0) is 12.8 Å². The van der Waals surface area contributed by atoms with Gasteiger partial charge in [-0.2, -0.15) is 0 Å². The van der Waals surface area contributed by atoms with E-state index in [-0.39, 0.29) is 5.54 Å². The first-order chi connectivity index (χ1) is 4.77. The number of rotatable bonds is 1. The van der Waals surface area contributed by atoms with Crippen LogP contribution in [-0.2, 0) is 4.74 Å². The zero-order valence-electron chi connectivity index (χ0n) is 7.31. The lowest BCUT2D eigenvalue weighted by atomic mass is 9.97. The Morgan fingerprint density at radius 3 is 2.30 bits per heavy atom. The van der Waals surface area contributed by atoms with Gasteiger partial charge in [0.2, 0.25) is 0 Å². The fourth-order valence-corrected chi connectivity index (χ4v) is 0.902. The van der Waals surface area contributed by atoms with Crippen molar-refractivity contribution >= 4 is 0 Å². The van der Waals surface area contributed by atoms with Gasteiger partial charge in [-0.1, -0.05) is 20.8 Å². The largest absolute Gasteiger partial charge is 0.379 e. The topological polar surface area (TPSA) is 35.2 Å². The number of hydrogen-bond acceptors (Lipinski definition) is 2. The summed E-state index contributed by atoms with van der Waals surface area (Å²) in [7, 11) is 0. The standard InChI is InChI=1S/C6H13NO.C2H6/c1-2-6(7)3-4-8-5-6;1-2/h2-5,7H2,1H3;1-2H3. The average Bonchev–Trinajstić information content (AvgIpc) is 2.42. The molecule has 1 saturated heterocycles. The Labute approximate surface area is 63.7 Å². The summed E-state index contributed by atoms with van der Waals surface area (Å²) in [5, 5.41) is 0. The minimum Gasteiger partial charge on any atom is -0.379 e. The molecule has 1 aliphatic rings. The van der Waals surface area contributed by atoms with E-state index in [9.17, 15) is 0 Å². The van der Waals surface area contributed by atoms with E-state index in [2.05, 4.69) is 6.92 Å². The summed E-state index contributed by atoms with van der Waals surface area (Å²) in [5.74, 6) is 0. The second-order valence-electron chi connectivity index (χ2n) is 2.52. The zero-order valence-corrected chi connectivity index (χ0v) is 7.31. The van der Waals surface area contributed by atoms with E-state index in [0.29, 0.717) is 0 Å². The van der Waals surface area contributed by atoms with E-state index in [1.165, 1.54) is 0 Å². The summed E-state index contributed by atoms with van der Waals surface area (Å²) in [6.07, 6.45) is 2.07. The summed E-state index contributed by atoms with van der Waals surface area (Å²) in [5.41, 5.74) is 5.85. The molecule has 2 nitrogen and oxygen atoms in total. The van der Waals surface area contributed by atoms with E-state index in [4.69, 9.17) is 10.5 Å². The first kappa shape index (κ1) is 9.92. The lowest BCUT2D eigenvalue weighted by molar-refractivity contribution is 0.177. The molecule has 1 atom stereocenters. The molecule has 1 heterocycles. The molecule has 0 spiro atoms. The van der Waals surface area contributed by atoms with Gasteiger partial charge in [0.1, 0.15) is 0 Å². The molecule has 2 heteroatoms. The van der Waals surface area contributed by atoms with Crippen molar-refractivity contribution in [2.45, 2.75) is 39.2 Å². The van der Waals surface area contributed by atoms with Gasteiger partial charge in [0, 0.05) is 12.1 Å². The molecule has 0 aromatic carbocycles. The van der Waals surface area contributed by atoms with Crippen molar-refractivity contribution in [3.63, 3.8) is 0 Å². The molecule has 0 saturated carbocycles. The molecule has 1 aliphatic heterocycles. The molecule has 62 valence electrons. The lowest BCUT2D eigenvalue weighted by Gasteiger charge is -2.17. The third-order valence-corrected chi connectivity index (χ3v) is 1.84. The molecule has 0 radical (unpaired) electrons. The molecule has 2 N–H and O–H groups in total. The first-order valence-corrected chi connectivity index (χ1v) is 4.13. The predicted molar refractivity (Wildman–Crippen MR) is 44.0 cm³/mol. The molecule has 1 rings (SSSR count). The van der Waals surface area contributed by atoms with Crippen molar-refractivity contribution < 1.29 is 4.74 Å². The summed E-state index contributed by atoms with van der Waals surface area (Å²) < 4.78 is 5.13. The molecule has 0 aromatic heterocycles. The van der Waals surface area contributed by atoms with Crippen LogP contribution >= 0.6 is 0 Å². The fraction of sp³-hybridized carbons (Fsp3) is 1.00. The molecule has 0 aromatic rings. The molecule has 0 aliphatic carbocycles. The van der Waals surface area contributed by atoms with Crippen molar-refractivity contribution in [1.29, 1.82) is 0 Å². The predicted octanol–water partition coefficient (Wildman–Crippen LogP) is 1.54. The highest BCUT2D eigenvalue weighted by atomic mass is 16.5. The molecule has 0 bridgehead atoms. The van der Waals surface area contributed by atoms with Gasteiger partial charge < -0.3 is 10.5 Å². The molecular formula is C8H19NO. The highest BCUT2D eigenvalue weighted by Gasteiger charge is 2.27. The molecular weight excluding hydrogens is 126 g/mol. The molecule has 1 fully saturated rings. The van der Waals surface area contributed by atoms with Crippen LogP contribution in [0.15, 0.2) is 0 Å². The Bertz CT molecular complexity index is 77.3. The van der Waals surface area contributed by atoms with Gasteiger partial charge in [-0.25, -0.2) is 0 Å². The smallest absolute Gasteiger partial charge is 0.0646 e. The van der Waals surface area contributed by atoms with Crippen LogP contribution in [0.1, 0.15) is 33.6 Å². The van der Waals surface area contributed by atoms with E-state index < -0.39 is 0 Å². The lowest BCUT2D eigenvalue weighted by Crippen LogP contribution is -2.39. The van der Waals surface area contributed by atoms with E-state index in [1.54, 1.807) is 0 Å². The number of hydrogen-bond donors (Lipinski definition) is 1. The van der Waals surface area contributed by atoms with Crippen molar-refractivity contribution in [3.8, 4) is 0 Å². The third kappa shape index (κ3) is 2.67. The van der Waals surface area contributed by atoms with E-state index in [1.807, 2.05) is 13.8 Å². The van der Waals surface area contributed by atoms with Gasteiger partial charge in [-0.3, -0.25) is 0 Å². The van der Waals surface area contributed by atoms with Gasteiger partial charge >= 0.3 is 0 Å². The minimum absolute atomic E-state index is 0.0139. The monoisotopic (exact) mass is 145 g/mol. The summed E-state index contributed by atoms with van der Waals surface area (Å²) in [6, 6.07) is 0. The normalized spacial score (nSPS) is 31.2. The maximum absolute atomic E-state index is 5.83. The Balaban J connectivity index is 0.000000371. The SMILES string of the molecule is CC.CCC1(N)CCOC1. The minimum atomic E-state index is 0.0139.